The summed E-state index contributed by atoms with van der Waals surface area (Å²) < 4.78 is 1.68. The van der Waals surface area contributed by atoms with Crippen LogP contribution in [0.5, 0.6) is 0 Å². The quantitative estimate of drug-likeness (QED) is 0.571. The first-order valence-electron chi connectivity index (χ1n) is 5.08. The molecular formula is C11H17N3O2. The molecule has 0 aliphatic heterocycles. The van der Waals surface area contributed by atoms with Gasteiger partial charge in [0, 0.05) is 37.2 Å². The third-order valence-corrected chi connectivity index (χ3v) is 2.22. The predicted octanol–water partition coefficient (Wildman–Crippen LogP) is 2.36. The van der Waals surface area contributed by atoms with E-state index < -0.39 is 0 Å². The Morgan fingerprint density at radius 1 is 1.56 bits per heavy atom. The van der Waals surface area contributed by atoms with Crippen molar-refractivity contribution in [3.8, 4) is 0 Å². The molecule has 0 saturated carbocycles. The Kier molecular flexibility index (Phi) is 3.16. The molecule has 0 atom stereocenters. The number of aromatic nitrogens is 2. The second kappa shape index (κ2) is 4.08. The summed E-state index contributed by atoms with van der Waals surface area (Å²) in [6.45, 7) is 7.59. The topological polar surface area (TPSA) is 61.0 Å². The van der Waals surface area contributed by atoms with E-state index in [9.17, 15) is 10.1 Å². The maximum Gasteiger partial charge on any atom is 0.243 e. The smallest absolute Gasteiger partial charge is 0.243 e. The highest BCUT2D eigenvalue weighted by molar-refractivity contribution is 5.53. The van der Waals surface area contributed by atoms with Gasteiger partial charge in [0.2, 0.25) is 5.70 Å². The van der Waals surface area contributed by atoms with Gasteiger partial charge >= 0.3 is 0 Å². The molecule has 0 aliphatic carbocycles. The van der Waals surface area contributed by atoms with E-state index in [0.29, 0.717) is 0 Å². The summed E-state index contributed by atoms with van der Waals surface area (Å²) >= 11 is 0. The van der Waals surface area contributed by atoms with Crippen molar-refractivity contribution in [3.05, 3.63) is 33.3 Å². The van der Waals surface area contributed by atoms with Crippen LogP contribution in [0.2, 0.25) is 0 Å². The van der Waals surface area contributed by atoms with Gasteiger partial charge in [-0.15, -0.1) is 0 Å². The Hall–Kier alpha value is -1.65. The minimum absolute atomic E-state index is 0.121. The lowest BCUT2D eigenvalue weighted by Crippen LogP contribution is -2.14. The molecule has 0 amide bonds. The van der Waals surface area contributed by atoms with Crippen LogP contribution in [0.25, 0.3) is 6.08 Å². The van der Waals surface area contributed by atoms with Gasteiger partial charge in [0.25, 0.3) is 0 Å². The van der Waals surface area contributed by atoms with Crippen molar-refractivity contribution in [2.75, 3.05) is 0 Å². The first kappa shape index (κ1) is 12.4. The van der Waals surface area contributed by atoms with Crippen molar-refractivity contribution < 1.29 is 4.92 Å². The van der Waals surface area contributed by atoms with Crippen LogP contribution in [0.1, 0.15) is 39.0 Å². The second-order valence-corrected chi connectivity index (χ2v) is 4.90. The third-order valence-electron chi connectivity index (χ3n) is 2.22. The lowest BCUT2D eigenvalue weighted by molar-refractivity contribution is -0.422. The number of rotatable bonds is 2. The van der Waals surface area contributed by atoms with Gasteiger partial charge in [-0.2, -0.15) is 5.10 Å². The lowest BCUT2D eigenvalue weighted by Gasteiger charge is -2.16. The molecule has 1 rings (SSSR count). The fourth-order valence-electron chi connectivity index (χ4n) is 1.47. The van der Waals surface area contributed by atoms with Crippen LogP contribution in [0.15, 0.2) is 11.9 Å². The van der Waals surface area contributed by atoms with Gasteiger partial charge in [-0.3, -0.25) is 14.8 Å². The van der Waals surface area contributed by atoms with Crippen LogP contribution in [0.3, 0.4) is 0 Å². The second-order valence-electron chi connectivity index (χ2n) is 4.90. The van der Waals surface area contributed by atoms with E-state index in [1.807, 2.05) is 27.8 Å². The molecule has 1 aromatic heterocycles. The van der Waals surface area contributed by atoms with Crippen LogP contribution >= 0.6 is 0 Å². The molecule has 88 valence electrons. The molecule has 5 heteroatoms. The summed E-state index contributed by atoms with van der Waals surface area (Å²) in [7, 11) is 1.81. The molecular weight excluding hydrogens is 206 g/mol. The van der Waals surface area contributed by atoms with E-state index in [-0.39, 0.29) is 16.0 Å². The molecule has 5 nitrogen and oxygen atoms in total. The zero-order valence-electron chi connectivity index (χ0n) is 10.3. The highest BCUT2D eigenvalue weighted by atomic mass is 16.6. The molecule has 0 spiro atoms. The van der Waals surface area contributed by atoms with Crippen molar-refractivity contribution in [3.63, 3.8) is 0 Å². The average molecular weight is 223 g/mol. The van der Waals surface area contributed by atoms with E-state index in [2.05, 4.69) is 5.10 Å². The van der Waals surface area contributed by atoms with Crippen LogP contribution in [-0.2, 0) is 12.5 Å². The van der Waals surface area contributed by atoms with Crippen LogP contribution in [0.4, 0.5) is 0 Å². The molecule has 0 radical (unpaired) electrons. The van der Waals surface area contributed by atoms with Gasteiger partial charge < -0.3 is 0 Å². The highest BCUT2D eigenvalue weighted by Crippen LogP contribution is 2.25. The van der Waals surface area contributed by atoms with Gasteiger partial charge in [-0.05, 0) is 0 Å². The third kappa shape index (κ3) is 2.68. The van der Waals surface area contributed by atoms with Crippen molar-refractivity contribution in [1.82, 2.24) is 9.78 Å². The summed E-state index contributed by atoms with van der Waals surface area (Å²) in [5, 5.41) is 14.9. The summed E-state index contributed by atoms with van der Waals surface area (Å²) in [5.74, 6) is 0. The van der Waals surface area contributed by atoms with Crippen molar-refractivity contribution in [2.24, 2.45) is 7.05 Å². The maximum atomic E-state index is 10.6. The number of hydrogen-bond acceptors (Lipinski definition) is 3. The van der Waals surface area contributed by atoms with Gasteiger partial charge in [0.15, 0.2) is 0 Å². The summed E-state index contributed by atoms with van der Waals surface area (Å²) in [5.41, 5.74) is 1.68. The molecule has 16 heavy (non-hydrogen) atoms. The fourth-order valence-corrected chi connectivity index (χ4v) is 1.47. The molecule has 0 N–H and O–H groups in total. The largest absolute Gasteiger partial charge is 0.275 e. The summed E-state index contributed by atoms with van der Waals surface area (Å²) in [4.78, 5) is 10.2. The van der Waals surface area contributed by atoms with E-state index in [1.54, 1.807) is 17.0 Å². The number of hydrogen-bond donors (Lipinski definition) is 0. The van der Waals surface area contributed by atoms with Crippen molar-refractivity contribution >= 4 is 6.08 Å². The lowest BCUT2D eigenvalue weighted by atomic mass is 9.89. The normalized spacial score (nSPS) is 12.9. The Morgan fingerprint density at radius 3 is 2.56 bits per heavy atom. The highest BCUT2D eigenvalue weighted by Gasteiger charge is 2.21. The number of nitro groups is 1. The van der Waals surface area contributed by atoms with Crippen LogP contribution < -0.4 is 0 Å². The Labute approximate surface area is 94.9 Å². The monoisotopic (exact) mass is 223 g/mol. The van der Waals surface area contributed by atoms with Gasteiger partial charge in [0.1, 0.15) is 0 Å². The predicted molar refractivity (Wildman–Crippen MR) is 62.6 cm³/mol. The SMILES string of the molecule is CC(=Cc1cn(C)nc1C(C)(C)C)[N+](=O)[O-]. The first-order valence-corrected chi connectivity index (χ1v) is 5.08. The fraction of sp³-hybridized carbons (Fsp3) is 0.545. The maximum absolute atomic E-state index is 10.6. The molecule has 0 aliphatic rings. The van der Waals surface area contributed by atoms with E-state index >= 15 is 0 Å². The average Bonchev–Trinajstić information content (AvgIpc) is 2.45. The molecule has 0 aromatic carbocycles. The van der Waals surface area contributed by atoms with Crippen molar-refractivity contribution in [2.45, 2.75) is 33.1 Å². The van der Waals surface area contributed by atoms with Gasteiger partial charge in [0.05, 0.1) is 10.6 Å². The van der Waals surface area contributed by atoms with E-state index in [4.69, 9.17) is 0 Å². The molecule has 1 heterocycles. The molecule has 1 aromatic rings. The molecule has 0 fully saturated rings. The zero-order valence-corrected chi connectivity index (χ0v) is 10.3. The Bertz CT molecular complexity index is 439. The van der Waals surface area contributed by atoms with Gasteiger partial charge in [-0.1, -0.05) is 20.8 Å². The van der Waals surface area contributed by atoms with Crippen molar-refractivity contribution in [1.29, 1.82) is 0 Å². The first-order chi connectivity index (χ1) is 7.21. The molecule has 0 bridgehead atoms. The Morgan fingerprint density at radius 2 is 2.12 bits per heavy atom. The number of nitrogens with zero attached hydrogens (tertiary/aromatic N) is 3. The van der Waals surface area contributed by atoms with E-state index in [1.165, 1.54) is 6.92 Å². The summed E-state index contributed by atoms with van der Waals surface area (Å²) in [6, 6.07) is 0. The number of aryl methyl sites for hydroxylation is 1. The number of allylic oxidation sites excluding steroid dienone is 1. The minimum Gasteiger partial charge on any atom is -0.275 e. The summed E-state index contributed by atoms with van der Waals surface area (Å²) in [6.07, 6.45) is 3.36. The standard InChI is InChI=1S/C11H17N3O2/c1-8(14(15)16)6-9-7-13(5)12-10(9)11(2,3)4/h6-7H,1-5H3. The van der Waals surface area contributed by atoms with Crippen LogP contribution in [-0.4, -0.2) is 14.7 Å². The molecule has 0 saturated heterocycles. The minimum atomic E-state index is -0.389. The molecule has 0 unspecified atom stereocenters. The Balaban J connectivity index is 3.25. The van der Waals surface area contributed by atoms with Gasteiger partial charge in [-0.25, -0.2) is 0 Å². The van der Waals surface area contributed by atoms with E-state index in [0.717, 1.165) is 11.3 Å². The van der Waals surface area contributed by atoms with Crippen LogP contribution in [0, 0.1) is 10.1 Å². The zero-order chi connectivity index (χ0) is 12.5.